The first-order valence-electron chi connectivity index (χ1n) is 5.88. The molecule has 0 unspecified atom stereocenters. The van der Waals surface area contributed by atoms with E-state index >= 15 is 0 Å². The predicted octanol–water partition coefficient (Wildman–Crippen LogP) is 0.914. The van der Waals surface area contributed by atoms with Gasteiger partial charge in [0.15, 0.2) is 0 Å². The molecule has 0 spiro atoms. The highest BCUT2D eigenvalue weighted by Gasteiger charge is 2.32. The van der Waals surface area contributed by atoms with Crippen molar-refractivity contribution in [3.63, 3.8) is 0 Å². The van der Waals surface area contributed by atoms with Crippen LogP contribution in [0.5, 0.6) is 0 Å². The Morgan fingerprint density at radius 2 is 2.06 bits per heavy atom. The molecule has 4 nitrogen and oxygen atoms in total. The number of rotatable bonds is 9. The van der Waals surface area contributed by atoms with Crippen LogP contribution < -0.4 is 11.1 Å². The largest absolute Gasteiger partial charge is 0.480 e. The molecule has 0 aromatic rings. The van der Waals surface area contributed by atoms with Crippen molar-refractivity contribution in [2.75, 3.05) is 6.54 Å². The molecule has 0 fully saturated rings. The van der Waals surface area contributed by atoms with Crippen LogP contribution in [0.25, 0.3) is 0 Å². The van der Waals surface area contributed by atoms with Gasteiger partial charge in [0.25, 0.3) is 0 Å². The molecular weight excluding hydrogens is 203 g/mol. The Morgan fingerprint density at radius 1 is 1.44 bits per heavy atom. The Morgan fingerprint density at radius 3 is 2.50 bits per heavy atom. The maximum atomic E-state index is 11.1. The normalized spacial score (nSPS) is 15.0. The standard InChI is InChI=1S/C11H23BN2O2/c1-9(2)14-8-6-11(13,10(15)16)5-3-4-7-12/h9,14H,3-8,13H2,1-2H3,(H,15,16)/t11-/m1/s1. The Labute approximate surface area is 99.4 Å². The molecule has 16 heavy (non-hydrogen) atoms. The van der Waals surface area contributed by atoms with Gasteiger partial charge in [-0.3, -0.25) is 4.79 Å². The number of nitrogens with one attached hydrogen (secondary N) is 1. The summed E-state index contributed by atoms with van der Waals surface area (Å²) in [4.78, 5) is 11.1. The second kappa shape index (κ2) is 7.68. The fraction of sp³-hybridized carbons (Fsp3) is 0.909. The molecule has 0 amide bonds. The lowest BCUT2D eigenvalue weighted by molar-refractivity contribution is -0.144. The van der Waals surface area contributed by atoms with Crippen molar-refractivity contribution >= 4 is 13.8 Å². The minimum Gasteiger partial charge on any atom is -0.480 e. The first kappa shape index (κ1) is 15.5. The van der Waals surface area contributed by atoms with Gasteiger partial charge in [-0.15, -0.1) is 0 Å². The number of hydrogen-bond acceptors (Lipinski definition) is 3. The molecule has 2 radical (unpaired) electrons. The van der Waals surface area contributed by atoms with E-state index in [2.05, 4.69) is 5.32 Å². The highest BCUT2D eigenvalue weighted by atomic mass is 16.4. The van der Waals surface area contributed by atoms with Gasteiger partial charge in [0.2, 0.25) is 0 Å². The lowest BCUT2D eigenvalue weighted by atomic mass is 9.88. The average Bonchev–Trinajstić information content (AvgIpc) is 2.17. The quantitative estimate of drug-likeness (QED) is 0.403. The molecule has 0 bridgehead atoms. The Hall–Kier alpha value is -0.545. The van der Waals surface area contributed by atoms with Gasteiger partial charge in [0.1, 0.15) is 5.54 Å². The summed E-state index contributed by atoms with van der Waals surface area (Å²) in [6.07, 6.45) is 3.11. The Bertz CT molecular complexity index is 212. The molecule has 0 aliphatic rings. The molecular formula is C11H23BN2O2. The fourth-order valence-corrected chi connectivity index (χ4v) is 1.51. The topological polar surface area (TPSA) is 75.3 Å². The van der Waals surface area contributed by atoms with Gasteiger partial charge in [0.05, 0.1) is 7.85 Å². The molecule has 92 valence electrons. The minimum atomic E-state index is -1.11. The second-order valence-corrected chi connectivity index (χ2v) is 4.57. The van der Waals surface area contributed by atoms with E-state index in [0.717, 1.165) is 12.8 Å². The monoisotopic (exact) mass is 226 g/mol. The second-order valence-electron chi connectivity index (χ2n) is 4.57. The summed E-state index contributed by atoms with van der Waals surface area (Å²) in [5, 5.41) is 12.3. The SMILES string of the molecule is [B]CCCC[C@@](N)(CCNC(C)C)C(=O)O. The molecule has 0 saturated heterocycles. The van der Waals surface area contributed by atoms with Gasteiger partial charge < -0.3 is 16.2 Å². The predicted molar refractivity (Wildman–Crippen MR) is 66.7 cm³/mol. The summed E-state index contributed by atoms with van der Waals surface area (Å²) < 4.78 is 0. The van der Waals surface area contributed by atoms with E-state index in [-0.39, 0.29) is 0 Å². The lowest BCUT2D eigenvalue weighted by Crippen LogP contribution is -2.50. The number of hydrogen-bond donors (Lipinski definition) is 3. The van der Waals surface area contributed by atoms with Crippen molar-refractivity contribution in [2.45, 2.75) is 57.4 Å². The zero-order valence-corrected chi connectivity index (χ0v) is 10.3. The van der Waals surface area contributed by atoms with E-state index in [9.17, 15) is 4.79 Å². The van der Waals surface area contributed by atoms with Crippen LogP contribution in [0.15, 0.2) is 0 Å². The van der Waals surface area contributed by atoms with Crippen LogP contribution in [0.3, 0.4) is 0 Å². The van der Waals surface area contributed by atoms with Gasteiger partial charge >= 0.3 is 5.97 Å². The van der Waals surface area contributed by atoms with Crippen LogP contribution in [-0.4, -0.2) is 37.0 Å². The number of carboxylic acid groups (broad SMARTS) is 1. The van der Waals surface area contributed by atoms with Crippen molar-refractivity contribution in [1.82, 2.24) is 5.32 Å². The summed E-state index contributed by atoms with van der Waals surface area (Å²) in [5.74, 6) is -0.921. The summed E-state index contributed by atoms with van der Waals surface area (Å²) in [6, 6.07) is 0.349. The van der Waals surface area contributed by atoms with E-state index in [4.69, 9.17) is 18.7 Å². The summed E-state index contributed by atoms with van der Waals surface area (Å²) in [6.45, 7) is 4.67. The van der Waals surface area contributed by atoms with E-state index < -0.39 is 11.5 Å². The maximum Gasteiger partial charge on any atom is 0.323 e. The minimum absolute atomic E-state index is 0.349. The van der Waals surface area contributed by atoms with Crippen molar-refractivity contribution < 1.29 is 9.90 Å². The zero-order valence-electron chi connectivity index (χ0n) is 10.3. The first-order chi connectivity index (χ1) is 7.42. The van der Waals surface area contributed by atoms with E-state index in [1.165, 1.54) is 0 Å². The lowest BCUT2D eigenvalue weighted by Gasteiger charge is -2.25. The summed E-state index contributed by atoms with van der Waals surface area (Å²) in [7, 11) is 5.37. The van der Waals surface area contributed by atoms with E-state index in [1.54, 1.807) is 0 Å². The van der Waals surface area contributed by atoms with E-state index in [1.807, 2.05) is 13.8 Å². The molecule has 4 N–H and O–H groups in total. The Kier molecular flexibility index (Phi) is 7.42. The van der Waals surface area contributed by atoms with Crippen LogP contribution in [0.2, 0.25) is 6.32 Å². The van der Waals surface area contributed by atoms with Crippen molar-refractivity contribution in [3.05, 3.63) is 0 Å². The fourth-order valence-electron chi connectivity index (χ4n) is 1.51. The van der Waals surface area contributed by atoms with Gasteiger partial charge in [-0.05, 0) is 19.4 Å². The number of carbonyl (C=O) groups is 1. The van der Waals surface area contributed by atoms with Crippen molar-refractivity contribution in [3.8, 4) is 0 Å². The number of carboxylic acids is 1. The zero-order chi connectivity index (χ0) is 12.6. The smallest absolute Gasteiger partial charge is 0.323 e. The highest BCUT2D eigenvalue weighted by Crippen LogP contribution is 2.16. The van der Waals surface area contributed by atoms with E-state index in [0.29, 0.717) is 31.7 Å². The molecule has 0 saturated carbocycles. The highest BCUT2D eigenvalue weighted by molar-refractivity contribution is 6.08. The van der Waals surface area contributed by atoms with Crippen LogP contribution in [0.1, 0.15) is 39.5 Å². The average molecular weight is 226 g/mol. The van der Waals surface area contributed by atoms with Gasteiger partial charge in [-0.1, -0.05) is 33.0 Å². The van der Waals surface area contributed by atoms with Gasteiger partial charge in [-0.25, -0.2) is 0 Å². The molecule has 1 atom stereocenters. The summed E-state index contributed by atoms with van der Waals surface area (Å²) in [5.41, 5.74) is 4.77. The number of unbranched alkanes of at least 4 members (excludes halogenated alkanes) is 1. The van der Waals surface area contributed by atoms with Crippen LogP contribution >= 0.6 is 0 Å². The Balaban J connectivity index is 4.06. The third kappa shape index (κ3) is 6.13. The van der Waals surface area contributed by atoms with Gasteiger partial charge in [0, 0.05) is 6.04 Å². The third-order valence-corrected chi connectivity index (χ3v) is 2.63. The molecule has 0 rings (SSSR count). The molecule has 0 aromatic heterocycles. The number of aliphatic carboxylic acids is 1. The van der Waals surface area contributed by atoms with Crippen LogP contribution in [-0.2, 0) is 4.79 Å². The van der Waals surface area contributed by atoms with Crippen LogP contribution in [0.4, 0.5) is 0 Å². The van der Waals surface area contributed by atoms with Crippen molar-refractivity contribution in [1.29, 1.82) is 0 Å². The molecule has 0 heterocycles. The molecule has 0 aliphatic carbocycles. The summed E-state index contributed by atoms with van der Waals surface area (Å²) >= 11 is 0. The maximum absolute atomic E-state index is 11.1. The third-order valence-electron chi connectivity index (χ3n) is 2.63. The molecule has 0 aromatic carbocycles. The van der Waals surface area contributed by atoms with Crippen LogP contribution in [0, 0.1) is 0 Å². The molecule has 0 aliphatic heterocycles. The number of nitrogens with two attached hydrogens (primary N) is 1. The van der Waals surface area contributed by atoms with Crippen molar-refractivity contribution in [2.24, 2.45) is 5.73 Å². The molecule has 5 heteroatoms. The first-order valence-corrected chi connectivity index (χ1v) is 5.88. The van der Waals surface area contributed by atoms with Gasteiger partial charge in [-0.2, -0.15) is 0 Å².